The number of β-amino-alcohol motifs (C(OH)–C–C–N with tert-alkyl or cyclic N) is 1. The maximum Gasteiger partial charge on any atom is 0.235 e. The lowest BCUT2D eigenvalue weighted by atomic mass is 10.00. The number of nitrogens with one attached hydrogen (secondary N) is 2. The number of alkyl halides is 1. The van der Waals surface area contributed by atoms with Crippen molar-refractivity contribution in [3.8, 4) is 5.75 Å². The third kappa shape index (κ3) is 6.12. The maximum absolute atomic E-state index is 15.0. The summed E-state index contributed by atoms with van der Waals surface area (Å²) >= 11 is 1.24. The lowest BCUT2D eigenvalue weighted by molar-refractivity contribution is -0.113. The molecule has 0 radical (unpaired) electrons. The van der Waals surface area contributed by atoms with Gasteiger partial charge in [-0.15, -0.1) is 24.2 Å². The SMILES string of the molecule is COc1ccc2nccc([C@@H](O)CN3CC[C@H](NCc4nc5c(cc4F)SCC(=O)N5)[C@H](F)C3)c2c1.Cl. The van der Waals surface area contributed by atoms with Crippen LogP contribution in [0.15, 0.2) is 41.4 Å². The number of carbonyl (C=O) groups is 1. The van der Waals surface area contributed by atoms with Crippen LogP contribution in [0.2, 0.25) is 0 Å². The molecule has 0 spiro atoms. The van der Waals surface area contributed by atoms with Crippen molar-refractivity contribution in [3.63, 3.8) is 0 Å². The molecular formula is C25H28ClF2N5O3S. The highest BCUT2D eigenvalue weighted by Crippen LogP contribution is 2.31. The average molecular weight is 552 g/mol. The number of piperidine rings is 1. The molecule has 3 aromatic rings. The van der Waals surface area contributed by atoms with Gasteiger partial charge in [-0.05, 0) is 48.9 Å². The molecule has 2 aliphatic heterocycles. The Bertz CT molecular complexity index is 1290. The highest BCUT2D eigenvalue weighted by atomic mass is 35.5. The standard InChI is InChI=1S/C25H27F2N5O3S.ClH/c1-35-14-2-3-19-16(8-14)15(4-6-28-19)22(33)12-32-7-5-20(18(27)11-32)29-10-21-17(26)9-23-25(30-21)31-24(34)13-36-23;/h2-4,6,8-9,18,20,22,29,33H,5,7,10-13H2,1H3,(H,30,31,34);1H/t18-,20+,22+;/m1./s1. The van der Waals surface area contributed by atoms with Gasteiger partial charge < -0.3 is 20.5 Å². The molecule has 0 bridgehead atoms. The largest absolute Gasteiger partial charge is 0.497 e. The summed E-state index contributed by atoms with van der Waals surface area (Å²) in [5.74, 6) is 0.584. The van der Waals surface area contributed by atoms with Crippen LogP contribution < -0.4 is 15.4 Å². The van der Waals surface area contributed by atoms with Gasteiger partial charge in [0.1, 0.15) is 23.6 Å². The van der Waals surface area contributed by atoms with E-state index in [-0.39, 0.29) is 49.4 Å². The van der Waals surface area contributed by atoms with Crippen molar-refractivity contribution in [3.05, 3.63) is 53.6 Å². The number of thioether (sulfide) groups is 1. The Morgan fingerprint density at radius 3 is 2.97 bits per heavy atom. The highest BCUT2D eigenvalue weighted by molar-refractivity contribution is 8.00. The van der Waals surface area contributed by atoms with Gasteiger partial charge in [0.15, 0.2) is 0 Å². The second-order valence-electron chi connectivity index (χ2n) is 8.95. The number of likely N-dealkylation sites (tertiary alicyclic amines) is 1. The molecule has 3 N–H and O–H groups in total. The van der Waals surface area contributed by atoms with E-state index in [0.717, 1.165) is 10.9 Å². The number of fused-ring (bicyclic) bond motifs is 2. The topological polar surface area (TPSA) is 99.6 Å². The number of anilines is 1. The van der Waals surface area contributed by atoms with E-state index in [1.807, 2.05) is 23.1 Å². The Labute approximate surface area is 223 Å². The summed E-state index contributed by atoms with van der Waals surface area (Å²) in [6.45, 7) is 1.06. The molecule has 2 aliphatic rings. The summed E-state index contributed by atoms with van der Waals surface area (Å²) in [5, 5.41) is 17.5. The van der Waals surface area contributed by atoms with E-state index in [1.165, 1.54) is 17.8 Å². The van der Waals surface area contributed by atoms with Gasteiger partial charge in [0, 0.05) is 37.3 Å². The molecule has 1 amide bonds. The average Bonchev–Trinajstić information content (AvgIpc) is 2.87. The summed E-state index contributed by atoms with van der Waals surface area (Å²) in [7, 11) is 1.58. The predicted octanol–water partition coefficient (Wildman–Crippen LogP) is 3.48. The van der Waals surface area contributed by atoms with E-state index in [9.17, 15) is 14.3 Å². The number of nitrogens with zero attached hydrogens (tertiary/aromatic N) is 3. The number of hydrogen-bond acceptors (Lipinski definition) is 8. The van der Waals surface area contributed by atoms with Crippen LogP contribution in [0.25, 0.3) is 10.9 Å². The number of rotatable bonds is 7. The quantitative estimate of drug-likeness (QED) is 0.410. The molecule has 37 heavy (non-hydrogen) atoms. The summed E-state index contributed by atoms with van der Waals surface area (Å²) < 4.78 is 34.8. The van der Waals surface area contributed by atoms with Crippen molar-refractivity contribution in [2.45, 2.75) is 36.2 Å². The molecule has 2 aromatic heterocycles. The summed E-state index contributed by atoms with van der Waals surface area (Å²) in [6.07, 6.45) is 0.134. The second-order valence-corrected chi connectivity index (χ2v) is 9.97. The van der Waals surface area contributed by atoms with Gasteiger partial charge in [-0.25, -0.2) is 13.8 Å². The highest BCUT2D eigenvalue weighted by Gasteiger charge is 2.31. The lowest BCUT2D eigenvalue weighted by Crippen LogP contribution is -2.51. The maximum atomic E-state index is 15.0. The number of pyridine rings is 2. The number of hydrogen-bond donors (Lipinski definition) is 3. The minimum absolute atomic E-state index is 0. The van der Waals surface area contributed by atoms with Gasteiger partial charge in [-0.2, -0.15) is 0 Å². The number of halogens is 3. The van der Waals surface area contributed by atoms with E-state index in [1.54, 1.807) is 19.4 Å². The van der Waals surface area contributed by atoms with Crippen molar-refractivity contribution < 1.29 is 23.4 Å². The fourth-order valence-electron chi connectivity index (χ4n) is 4.64. The van der Waals surface area contributed by atoms with Gasteiger partial charge in [0.05, 0.1) is 35.1 Å². The molecular weight excluding hydrogens is 524 g/mol. The van der Waals surface area contributed by atoms with Crippen LogP contribution in [0.1, 0.15) is 23.8 Å². The van der Waals surface area contributed by atoms with Crippen molar-refractivity contribution in [1.82, 2.24) is 20.2 Å². The van der Waals surface area contributed by atoms with E-state index in [4.69, 9.17) is 4.74 Å². The molecule has 1 aromatic carbocycles. The number of aromatic nitrogens is 2. The Morgan fingerprint density at radius 1 is 1.35 bits per heavy atom. The molecule has 1 fully saturated rings. The fraction of sp³-hybridized carbons (Fsp3) is 0.400. The number of amides is 1. The van der Waals surface area contributed by atoms with Gasteiger partial charge in [0.2, 0.25) is 5.91 Å². The van der Waals surface area contributed by atoms with Crippen LogP contribution in [0.5, 0.6) is 5.75 Å². The molecule has 4 heterocycles. The van der Waals surface area contributed by atoms with Crippen molar-refractivity contribution in [2.24, 2.45) is 0 Å². The number of methoxy groups -OCH3 is 1. The van der Waals surface area contributed by atoms with Crippen LogP contribution in [-0.2, 0) is 11.3 Å². The van der Waals surface area contributed by atoms with Crippen LogP contribution in [0, 0.1) is 5.82 Å². The third-order valence-corrected chi connectivity index (χ3v) is 7.59. The molecule has 0 unspecified atom stereocenters. The van der Waals surface area contributed by atoms with Crippen LogP contribution in [0.3, 0.4) is 0 Å². The number of benzene rings is 1. The van der Waals surface area contributed by atoms with Gasteiger partial charge in [-0.3, -0.25) is 14.7 Å². The minimum Gasteiger partial charge on any atom is -0.497 e. The van der Waals surface area contributed by atoms with Crippen molar-refractivity contribution >= 4 is 46.8 Å². The normalized spacial score (nSPS) is 20.6. The smallest absolute Gasteiger partial charge is 0.235 e. The molecule has 5 rings (SSSR count). The predicted molar refractivity (Wildman–Crippen MR) is 141 cm³/mol. The Kier molecular flexibility index (Phi) is 8.81. The molecule has 12 heteroatoms. The van der Waals surface area contributed by atoms with Crippen LogP contribution in [0.4, 0.5) is 14.6 Å². The molecule has 1 saturated heterocycles. The molecule has 3 atom stereocenters. The Morgan fingerprint density at radius 2 is 2.19 bits per heavy atom. The van der Waals surface area contributed by atoms with Crippen LogP contribution in [-0.4, -0.2) is 70.6 Å². The molecule has 8 nitrogen and oxygen atoms in total. The first-order valence-electron chi connectivity index (χ1n) is 11.7. The van der Waals surface area contributed by atoms with Gasteiger partial charge in [-0.1, -0.05) is 0 Å². The number of ether oxygens (including phenoxy) is 1. The van der Waals surface area contributed by atoms with Crippen LogP contribution >= 0.6 is 24.2 Å². The Balaban J connectivity index is 0.00000320. The minimum atomic E-state index is -1.20. The number of aliphatic hydroxyl groups excluding tert-OH is 1. The summed E-state index contributed by atoms with van der Waals surface area (Å²) in [4.78, 5) is 22.7. The second kappa shape index (κ2) is 11.9. The monoisotopic (exact) mass is 551 g/mol. The van der Waals surface area contributed by atoms with E-state index >= 15 is 4.39 Å². The van der Waals surface area contributed by atoms with E-state index in [0.29, 0.717) is 35.0 Å². The zero-order valence-corrected chi connectivity index (χ0v) is 21.7. The number of aliphatic hydroxyl groups is 1. The first-order chi connectivity index (χ1) is 17.4. The van der Waals surface area contributed by atoms with E-state index < -0.39 is 24.1 Å². The summed E-state index contributed by atoms with van der Waals surface area (Å²) in [5.41, 5.74) is 1.61. The van der Waals surface area contributed by atoms with Crippen molar-refractivity contribution in [2.75, 3.05) is 37.8 Å². The zero-order valence-electron chi connectivity index (χ0n) is 20.1. The Hall–Kier alpha value is -2.57. The lowest BCUT2D eigenvalue weighted by Gasteiger charge is -2.36. The van der Waals surface area contributed by atoms with Gasteiger partial charge >= 0.3 is 0 Å². The fourth-order valence-corrected chi connectivity index (χ4v) is 5.42. The summed E-state index contributed by atoms with van der Waals surface area (Å²) in [6, 6.07) is 8.16. The van der Waals surface area contributed by atoms with Crippen molar-refractivity contribution in [1.29, 1.82) is 0 Å². The van der Waals surface area contributed by atoms with Gasteiger partial charge in [0.25, 0.3) is 0 Å². The molecule has 198 valence electrons. The molecule has 0 saturated carbocycles. The first-order valence-corrected chi connectivity index (χ1v) is 12.7. The molecule has 0 aliphatic carbocycles. The zero-order chi connectivity index (χ0) is 25.2. The first kappa shape index (κ1) is 27.5. The third-order valence-electron chi connectivity index (χ3n) is 6.56. The van der Waals surface area contributed by atoms with E-state index in [2.05, 4.69) is 20.6 Å². The number of carbonyl (C=O) groups excluding carboxylic acids is 1.